The number of guanidine groups is 1. The highest BCUT2D eigenvalue weighted by Gasteiger charge is 2.33. The van der Waals surface area contributed by atoms with Crippen LogP contribution in [0.5, 0.6) is 0 Å². The van der Waals surface area contributed by atoms with Gasteiger partial charge in [0.05, 0.1) is 12.1 Å². The number of aliphatic hydroxyl groups is 1. The lowest BCUT2D eigenvalue weighted by Gasteiger charge is -2.32. The van der Waals surface area contributed by atoms with E-state index in [1.54, 1.807) is 0 Å². The predicted octanol–water partition coefficient (Wildman–Crippen LogP) is 2.38. The first-order valence-corrected chi connectivity index (χ1v) is 8.54. The molecule has 0 atom stereocenters. The monoisotopic (exact) mass is 494 g/mol. The number of hydrogen-bond acceptors (Lipinski definition) is 5. The molecule has 0 radical (unpaired) electrons. The summed E-state index contributed by atoms with van der Waals surface area (Å²) in [5, 5.41) is 17.7. The van der Waals surface area contributed by atoms with E-state index in [9.17, 15) is 18.3 Å². The van der Waals surface area contributed by atoms with Crippen molar-refractivity contribution in [3.8, 4) is 0 Å². The molecule has 0 spiro atoms. The molecule has 1 aromatic heterocycles. The van der Waals surface area contributed by atoms with Gasteiger partial charge in [-0.1, -0.05) is 0 Å². The van der Waals surface area contributed by atoms with E-state index in [0.717, 1.165) is 16.7 Å². The number of rotatable bonds is 5. The highest BCUT2D eigenvalue weighted by atomic mass is 127. The number of aromatic nitrogens is 1. The van der Waals surface area contributed by atoms with Gasteiger partial charge < -0.3 is 20.5 Å². The van der Waals surface area contributed by atoms with Gasteiger partial charge in [0, 0.05) is 44.5 Å². The van der Waals surface area contributed by atoms with Crippen molar-refractivity contribution >= 4 is 41.3 Å². The van der Waals surface area contributed by atoms with Crippen LogP contribution in [0.3, 0.4) is 0 Å². The Labute approximate surface area is 165 Å². The normalized spacial score (nSPS) is 17.7. The molecule has 1 fully saturated rings. The second kappa shape index (κ2) is 9.88. The molecule has 0 saturated carbocycles. The van der Waals surface area contributed by atoms with Crippen LogP contribution in [0, 0.1) is 0 Å². The molecule has 1 aromatic rings. The zero-order valence-corrected chi connectivity index (χ0v) is 16.9. The molecular formula is C14H22F3IN4O2S. The Balaban J connectivity index is 0.00000312. The topological polar surface area (TPSA) is 78.8 Å². The van der Waals surface area contributed by atoms with Crippen LogP contribution in [0.1, 0.15) is 30.5 Å². The molecule has 2 heterocycles. The van der Waals surface area contributed by atoms with Crippen LogP contribution in [-0.2, 0) is 17.5 Å². The molecule has 144 valence electrons. The highest BCUT2D eigenvalue weighted by molar-refractivity contribution is 14.0. The zero-order valence-electron chi connectivity index (χ0n) is 13.7. The van der Waals surface area contributed by atoms with E-state index in [-0.39, 0.29) is 35.5 Å². The van der Waals surface area contributed by atoms with Gasteiger partial charge >= 0.3 is 6.18 Å². The minimum atomic E-state index is -4.44. The van der Waals surface area contributed by atoms with Crippen molar-refractivity contribution in [1.82, 2.24) is 15.6 Å². The number of ether oxygens (including phenoxy) is 1. The Morgan fingerprint density at radius 2 is 2.08 bits per heavy atom. The predicted molar refractivity (Wildman–Crippen MR) is 100 cm³/mol. The second-order valence-corrected chi connectivity index (χ2v) is 6.45. The molecule has 0 aliphatic carbocycles. The Hall–Kier alpha value is -0.660. The van der Waals surface area contributed by atoms with Gasteiger partial charge in [-0.05, 0) is 6.92 Å². The van der Waals surface area contributed by atoms with Gasteiger partial charge in [0.1, 0.15) is 5.01 Å². The van der Waals surface area contributed by atoms with Crippen molar-refractivity contribution in [3.05, 3.63) is 16.1 Å². The van der Waals surface area contributed by atoms with Gasteiger partial charge in [0.2, 0.25) is 0 Å². The number of nitrogens with zero attached hydrogens (tertiary/aromatic N) is 2. The van der Waals surface area contributed by atoms with Gasteiger partial charge in [-0.15, -0.1) is 35.3 Å². The summed E-state index contributed by atoms with van der Waals surface area (Å²) >= 11 is 0.922. The van der Waals surface area contributed by atoms with Crippen molar-refractivity contribution in [2.24, 2.45) is 4.99 Å². The molecule has 0 amide bonds. The van der Waals surface area contributed by atoms with E-state index in [4.69, 9.17) is 4.74 Å². The molecule has 1 saturated heterocycles. The lowest BCUT2D eigenvalue weighted by molar-refractivity contribution is -0.140. The maximum absolute atomic E-state index is 12.5. The maximum Gasteiger partial charge on any atom is 0.434 e. The van der Waals surface area contributed by atoms with Crippen LogP contribution in [0.2, 0.25) is 0 Å². The summed E-state index contributed by atoms with van der Waals surface area (Å²) in [4.78, 5) is 7.77. The summed E-state index contributed by atoms with van der Waals surface area (Å²) < 4.78 is 42.8. The quantitative estimate of drug-likeness (QED) is 0.333. The number of halogens is 4. The summed E-state index contributed by atoms with van der Waals surface area (Å²) in [6, 6.07) is 0. The van der Waals surface area contributed by atoms with Crippen molar-refractivity contribution in [1.29, 1.82) is 0 Å². The van der Waals surface area contributed by atoms with E-state index in [1.807, 2.05) is 6.92 Å². The van der Waals surface area contributed by atoms with Gasteiger partial charge in [-0.25, -0.2) is 9.98 Å². The molecule has 1 aliphatic heterocycles. The molecule has 3 N–H and O–H groups in total. The van der Waals surface area contributed by atoms with Crippen LogP contribution >= 0.6 is 35.3 Å². The third kappa shape index (κ3) is 7.23. The first-order chi connectivity index (χ1) is 11.3. The summed E-state index contributed by atoms with van der Waals surface area (Å²) in [7, 11) is 0. The number of hydrogen-bond donors (Lipinski definition) is 3. The fourth-order valence-electron chi connectivity index (χ4n) is 2.18. The highest BCUT2D eigenvalue weighted by Crippen LogP contribution is 2.30. The minimum Gasteiger partial charge on any atom is -0.388 e. The zero-order chi connectivity index (χ0) is 17.6. The number of nitrogens with one attached hydrogen (secondary N) is 2. The standard InChI is InChI=1S/C14H21F3N4O2S.HI/c1-2-18-12(20-9-13(22)3-5-23-6-4-13)19-7-11-21-10(8-24-11)14(15,16)17;/h8,22H,2-7,9H2,1H3,(H2,18,19,20);1H. The van der Waals surface area contributed by atoms with Crippen molar-refractivity contribution in [3.63, 3.8) is 0 Å². The molecule has 0 bridgehead atoms. The Morgan fingerprint density at radius 3 is 2.64 bits per heavy atom. The Kier molecular flexibility index (Phi) is 8.84. The van der Waals surface area contributed by atoms with Crippen molar-refractivity contribution < 1.29 is 23.0 Å². The largest absolute Gasteiger partial charge is 0.434 e. The summed E-state index contributed by atoms with van der Waals surface area (Å²) in [5.41, 5.74) is -1.76. The van der Waals surface area contributed by atoms with Gasteiger partial charge in [-0.3, -0.25) is 0 Å². The third-order valence-electron chi connectivity index (χ3n) is 3.57. The van der Waals surface area contributed by atoms with Crippen molar-refractivity contribution in [2.45, 2.75) is 38.1 Å². The molecule has 6 nitrogen and oxygen atoms in total. The molecule has 0 aromatic carbocycles. The first-order valence-electron chi connectivity index (χ1n) is 7.66. The van der Waals surface area contributed by atoms with Crippen LogP contribution in [0.4, 0.5) is 13.2 Å². The summed E-state index contributed by atoms with van der Waals surface area (Å²) in [5.74, 6) is 0.432. The molecule has 11 heteroatoms. The fourth-order valence-corrected chi connectivity index (χ4v) is 2.90. The second-order valence-electron chi connectivity index (χ2n) is 5.51. The first kappa shape index (κ1) is 22.4. The molecule has 2 rings (SSSR count). The molecular weight excluding hydrogens is 472 g/mol. The Bertz CT molecular complexity index is 563. The SMILES string of the molecule is CCNC(=NCc1nc(C(F)(F)F)cs1)NCC1(O)CCOCC1.I. The van der Waals surface area contributed by atoms with Crippen molar-refractivity contribution in [2.75, 3.05) is 26.3 Å². The van der Waals surface area contributed by atoms with E-state index in [1.165, 1.54) is 0 Å². The van der Waals surface area contributed by atoms with Crippen LogP contribution in [-0.4, -0.2) is 48.0 Å². The van der Waals surface area contributed by atoms with Gasteiger partial charge in [-0.2, -0.15) is 13.2 Å². The maximum atomic E-state index is 12.5. The van der Waals surface area contributed by atoms with E-state index < -0.39 is 17.5 Å². The minimum absolute atomic E-state index is 0. The van der Waals surface area contributed by atoms with E-state index >= 15 is 0 Å². The number of alkyl halides is 3. The van der Waals surface area contributed by atoms with Gasteiger partial charge in [0.25, 0.3) is 0 Å². The van der Waals surface area contributed by atoms with Gasteiger partial charge in [0.15, 0.2) is 11.7 Å². The summed E-state index contributed by atoms with van der Waals surface area (Å²) in [6.45, 7) is 3.83. The lowest BCUT2D eigenvalue weighted by Crippen LogP contribution is -2.49. The average Bonchev–Trinajstić information content (AvgIpc) is 3.00. The smallest absolute Gasteiger partial charge is 0.388 e. The van der Waals surface area contributed by atoms with Crippen LogP contribution < -0.4 is 10.6 Å². The molecule has 25 heavy (non-hydrogen) atoms. The number of aliphatic imine (C=N–C) groups is 1. The fraction of sp³-hybridized carbons (Fsp3) is 0.714. The summed E-state index contributed by atoms with van der Waals surface area (Å²) in [6.07, 6.45) is -3.38. The molecule has 0 unspecified atom stereocenters. The Morgan fingerprint density at radius 1 is 1.40 bits per heavy atom. The number of thiazole rings is 1. The third-order valence-corrected chi connectivity index (χ3v) is 4.40. The van der Waals surface area contributed by atoms with Crippen LogP contribution in [0.15, 0.2) is 10.4 Å². The lowest BCUT2D eigenvalue weighted by atomic mass is 9.94. The van der Waals surface area contributed by atoms with E-state index in [0.29, 0.717) is 45.1 Å². The van der Waals surface area contributed by atoms with E-state index in [2.05, 4.69) is 20.6 Å². The molecule has 1 aliphatic rings. The van der Waals surface area contributed by atoms with Crippen LogP contribution in [0.25, 0.3) is 0 Å². The average molecular weight is 494 g/mol.